The van der Waals surface area contributed by atoms with E-state index >= 15 is 0 Å². The first kappa shape index (κ1) is 15.3. The van der Waals surface area contributed by atoms with Crippen molar-refractivity contribution < 1.29 is 9.18 Å². The molecule has 0 spiro atoms. The van der Waals surface area contributed by atoms with Crippen LogP contribution in [0, 0.1) is 11.7 Å². The summed E-state index contributed by atoms with van der Waals surface area (Å²) in [7, 11) is 2.02. The molecule has 1 aromatic rings. The largest absolute Gasteiger partial charge is 0.343 e. The normalized spacial score (nSPS) is 18.9. The molecule has 1 atom stereocenters. The highest BCUT2D eigenvalue weighted by molar-refractivity contribution is 6.30. The lowest BCUT2D eigenvalue weighted by molar-refractivity contribution is -0.127. The molecule has 1 aliphatic heterocycles. The van der Waals surface area contributed by atoms with Crippen molar-refractivity contribution >= 4 is 17.5 Å². The van der Waals surface area contributed by atoms with Gasteiger partial charge in [-0.15, -0.1) is 0 Å². The maximum absolute atomic E-state index is 13.4. The fourth-order valence-electron chi connectivity index (χ4n) is 2.72. The second-order valence-electron chi connectivity index (χ2n) is 5.56. The molecule has 3 nitrogen and oxygen atoms in total. The molecule has 0 unspecified atom stereocenters. The summed E-state index contributed by atoms with van der Waals surface area (Å²) < 4.78 is 13.4. The first-order valence-corrected chi connectivity index (χ1v) is 7.21. The Balaban J connectivity index is 1.85. The van der Waals surface area contributed by atoms with Gasteiger partial charge in [0.2, 0.25) is 5.91 Å². The van der Waals surface area contributed by atoms with Crippen molar-refractivity contribution in [1.29, 1.82) is 0 Å². The Morgan fingerprint density at radius 3 is 2.90 bits per heavy atom. The summed E-state index contributed by atoms with van der Waals surface area (Å²) in [5.74, 6) is 0.275. The van der Waals surface area contributed by atoms with Gasteiger partial charge in [-0.25, -0.2) is 4.39 Å². The molecular weight excluding hydrogens is 279 g/mol. The number of nitrogens with zero attached hydrogens (tertiary/aromatic N) is 2. The van der Waals surface area contributed by atoms with Gasteiger partial charge in [-0.3, -0.25) is 4.79 Å². The van der Waals surface area contributed by atoms with Crippen molar-refractivity contribution in [1.82, 2.24) is 9.80 Å². The van der Waals surface area contributed by atoms with E-state index in [2.05, 4.69) is 4.90 Å². The summed E-state index contributed by atoms with van der Waals surface area (Å²) in [6.07, 6.45) is 1.04. The Labute approximate surface area is 124 Å². The van der Waals surface area contributed by atoms with Crippen LogP contribution >= 0.6 is 11.6 Å². The molecule has 110 valence electrons. The van der Waals surface area contributed by atoms with E-state index < -0.39 is 0 Å². The molecule has 1 heterocycles. The molecule has 0 N–H and O–H groups in total. The predicted molar refractivity (Wildman–Crippen MR) is 78.1 cm³/mol. The molecule has 2 rings (SSSR count). The fraction of sp³-hybridized carbons (Fsp3) is 0.533. The molecular formula is C15H20ClFN2O. The monoisotopic (exact) mass is 298 g/mol. The van der Waals surface area contributed by atoms with Gasteiger partial charge in [-0.05, 0) is 37.1 Å². The number of likely N-dealkylation sites (tertiary alicyclic amines) is 1. The van der Waals surface area contributed by atoms with Gasteiger partial charge in [0.1, 0.15) is 5.82 Å². The summed E-state index contributed by atoms with van der Waals surface area (Å²) in [4.78, 5) is 15.3. The van der Waals surface area contributed by atoms with Crippen LogP contribution in [0.1, 0.15) is 18.9 Å². The van der Waals surface area contributed by atoms with E-state index in [1.165, 1.54) is 6.07 Å². The number of rotatable bonds is 4. The predicted octanol–water partition coefficient (Wildman–Crippen LogP) is 2.78. The van der Waals surface area contributed by atoms with Crippen LogP contribution < -0.4 is 0 Å². The van der Waals surface area contributed by atoms with E-state index in [1.807, 2.05) is 18.0 Å². The smallest absolute Gasteiger partial charge is 0.219 e. The second-order valence-corrected chi connectivity index (χ2v) is 5.97. The molecule has 0 aliphatic carbocycles. The first-order valence-electron chi connectivity index (χ1n) is 6.83. The van der Waals surface area contributed by atoms with Gasteiger partial charge in [0, 0.05) is 33.1 Å². The zero-order chi connectivity index (χ0) is 14.7. The Bertz CT molecular complexity index is 495. The number of hydrogen-bond acceptors (Lipinski definition) is 2. The third-order valence-corrected chi connectivity index (χ3v) is 4.04. The van der Waals surface area contributed by atoms with Crippen molar-refractivity contribution in [3.05, 3.63) is 34.6 Å². The second kappa shape index (κ2) is 6.55. The standard InChI is InChI=1S/C15H20ClFN2O/c1-11(20)19-6-5-13(10-19)9-18(2)8-12-3-4-14(16)15(17)7-12/h3-4,7,13H,5-6,8-10H2,1-2H3/t13-/m0/s1. The average Bonchev–Trinajstić information content (AvgIpc) is 2.82. The Morgan fingerprint density at radius 1 is 1.55 bits per heavy atom. The molecule has 1 amide bonds. The van der Waals surface area contributed by atoms with Crippen molar-refractivity contribution in [2.75, 3.05) is 26.7 Å². The zero-order valence-corrected chi connectivity index (χ0v) is 12.7. The van der Waals surface area contributed by atoms with Crippen LogP contribution in [-0.4, -0.2) is 42.4 Å². The van der Waals surface area contributed by atoms with E-state index in [1.54, 1.807) is 13.0 Å². The lowest BCUT2D eigenvalue weighted by atomic mass is 10.1. The van der Waals surface area contributed by atoms with Crippen molar-refractivity contribution in [3.63, 3.8) is 0 Å². The third-order valence-electron chi connectivity index (χ3n) is 3.74. The minimum atomic E-state index is -0.374. The quantitative estimate of drug-likeness (QED) is 0.853. The van der Waals surface area contributed by atoms with Crippen LogP contribution in [0.4, 0.5) is 4.39 Å². The average molecular weight is 299 g/mol. The highest BCUT2D eigenvalue weighted by Gasteiger charge is 2.24. The van der Waals surface area contributed by atoms with Crippen molar-refractivity contribution in [2.24, 2.45) is 5.92 Å². The molecule has 0 saturated carbocycles. The number of amides is 1. The zero-order valence-electron chi connectivity index (χ0n) is 11.9. The molecule has 1 saturated heterocycles. The molecule has 1 fully saturated rings. The highest BCUT2D eigenvalue weighted by atomic mass is 35.5. The van der Waals surface area contributed by atoms with E-state index in [9.17, 15) is 9.18 Å². The van der Waals surface area contributed by atoms with Crippen LogP contribution in [0.3, 0.4) is 0 Å². The minimum absolute atomic E-state index is 0.148. The van der Waals surface area contributed by atoms with E-state index in [-0.39, 0.29) is 16.7 Å². The van der Waals surface area contributed by atoms with Crippen LogP contribution in [0.15, 0.2) is 18.2 Å². The molecule has 0 radical (unpaired) electrons. The van der Waals surface area contributed by atoms with E-state index in [0.717, 1.165) is 31.6 Å². The molecule has 1 aliphatic rings. The molecule has 20 heavy (non-hydrogen) atoms. The molecule has 0 bridgehead atoms. The van der Waals surface area contributed by atoms with E-state index in [0.29, 0.717) is 12.5 Å². The van der Waals surface area contributed by atoms with Gasteiger partial charge in [-0.1, -0.05) is 17.7 Å². The Morgan fingerprint density at radius 2 is 2.30 bits per heavy atom. The lowest BCUT2D eigenvalue weighted by Crippen LogP contribution is -2.30. The number of halogens is 2. The Hall–Kier alpha value is -1.13. The van der Waals surface area contributed by atoms with Gasteiger partial charge < -0.3 is 9.80 Å². The summed E-state index contributed by atoms with van der Waals surface area (Å²) >= 11 is 5.67. The maximum atomic E-state index is 13.4. The minimum Gasteiger partial charge on any atom is -0.343 e. The lowest BCUT2D eigenvalue weighted by Gasteiger charge is -2.21. The van der Waals surface area contributed by atoms with Gasteiger partial charge in [-0.2, -0.15) is 0 Å². The first-order chi connectivity index (χ1) is 9.45. The SMILES string of the molecule is CC(=O)N1CC[C@@H](CN(C)Cc2ccc(Cl)c(F)c2)C1. The van der Waals surface area contributed by atoms with Crippen molar-refractivity contribution in [3.8, 4) is 0 Å². The van der Waals surface area contributed by atoms with Crippen LogP contribution in [0.2, 0.25) is 5.02 Å². The van der Waals surface area contributed by atoms with Gasteiger partial charge in [0.15, 0.2) is 0 Å². The fourth-order valence-corrected chi connectivity index (χ4v) is 2.84. The molecule has 5 heteroatoms. The summed E-state index contributed by atoms with van der Waals surface area (Å²) in [5, 5.41) is 0.157. The van der Waals surface area contributed by atoms with Crippen LogP contribution in [0.25, 0.3) is 0 Å². The summed E-state index contributed by atoms with van der Waals surface area (Å²) in [6, 6.07) is 4.92. The van der Waals surface area contributed by atoms with E-state index in [4.69, 9.17) is 11.6 Å². The number of hydrogen-bond donors (Lipinski definition) is 0. The number of carbonyl (C=O) groups excluding carboxylic acids is 1. The topological polar surface area (TPSA) is 23.6 Å². The number of benzene rings is 1. The maximum Gasteiger partial charge on any atom is 0.219 e. The van der Waals surface area contributed by atoms with Gasteiger partial charge >= 0.3 is 0 Å². The third kappa shape index (κ3) is 3.93. The van der Waals surface area contributed by atoms with Crippen LogP contribution in [0.5, 0.6) is 0 Å². The van der Waals surface area contributed by atoms with Crippen molar-refractivity contribution in [2.45, 2.75) is 19.9 Å². The summed E-state index contributed by atoms with van der Waals surface area (Å²) in [6.45, 7) is 4.89. The Kier molecular flexibility index (Phi) is 5.00. The highest BCUT2D eigenvalue weighted by Crippen LogP contribution is 2.19. The number of carbonyl (C=O) groups is 1. The molecule has 0 aromatic heterocycles. The van der Waals surface area contributed by atoms with Crippen LogP contribution in [-0.2, 0) is 11.3 Å². The van der Waals surface area contributed by atoms with Gasteiger partial charge in [0.05, 0.1) is 5.02 Å². The van der Waals surface area contributed by atoms with Gasteiger partial charge in [0.25, 0.3) is 0 Å². The molecule has 1 aromatic carbocycles. The summed E-state index contributed by atoms with van der Waals surface area (Å²) in [5.41, 5.74) is 0.913.